The number of nitrogens with zero attached hydrogens (tertiary/aromatic N) is 3. The predicted octanol–water partition coefficient (Wildman–Crippen LogP) is 2.51. The van der Waals surface area contributed by atoms with Crippen LogP contribution in [0.2, 0.25) is 0 Å². The molecule has 11 heteroatoms. The van der Waals surface area contributed by atoms with E-state index in [1.165, 1.54) is 6.33 Å². The molecule has 0 aliphatic carbocycles. The lowest BCUT2D eigenvalue weighted by atomic mass is 10.1. The molecule has 2 aromatic heterocycles. The van der Waals surface area contributed by atoms with Crippen LogP contribution in [0.15, 0.2) is 18.5 Å². The first kappa shape index (κ1) is 22.7. The second kappa shape index (κ2) is 10.9. The average Bonchev–Trinajstić information content (AvgIpc) is 3.39. The Balaban J connectivity index is 1.39. The summed E-state index contributed by atoms with van der Waals surface area (Å²) in [5.74, 6) is 0.343. The second-order valence-corrected chi connectivity index (χ2v) is 8.56. The summed E-state index contributed by atoms with van der Waals surface area (Å²) in [5.41, 5.74) is 7.50. The number of carbonyl (C=O) groups excluding carboxylic acids is 1. The zero-order valence-electron chi connectivity index (χ0n) is 17.4. The minimum Gasteiger partial charge on any atom is -0.464 e. The van der Waals surface area contributed by atoms with E-state index in [9.17, 15) is 9.36 Å². The van der Waals surface area contributed by atoms with Crippen molar-refractivity contribution in [2.24, 2.45) is 5.92 Å². The summed E-state index contributed by atoms with van der Waals surface area (Å²) >= 11 is 0. The summed E-state index contributed by atoms with van der Waals surface area (Å²) in [4.78, 5) is 15.7. The summed E-state index contributed by atoms with van der Waals surface area (Å²) in [7, 11) is -2.55. The van der Waals surface area contributed by atoms with Crippen LogP contribution in [-0.2, 0) is 23.4 Å². The third-order valence-corrected chi connectivity index (χ3v) is 6.25. The third kappa shape index (κ3) is 5.78. The van der Waals surface area contributed by atoms with Crippen molar-refractivity contribution in [3.63, 3.8) is 0 Å². The van der Waals surface area contributed by atoms with Crippen LogP contribution in [0.1, 0.15) is 51.3 Å². The zero-order valence-corrected chi connectivity index (χ0v) is 18.4. The van der Waals surface area contributed by atoms with Crippen LogP contribution in [0.5, 0.6) is 0 Å². The number of aromatic nitrogens is 3. The van der Waals surface area contributed by atoms with Gasteiger partial charge in [0.1, 0.15) is 24.5 Å². The van der Waals surface area contributed by atoms with E-state index < -0.39 is 14.1 Å². The lowest BCUT2D eigenvalue weighted by molar-refractivity contribution is -0.143. The van der Waals surface area contributed by atoms with Crippen LogP contribution in [0.3, 0.4) is 0 Å². The Morgan fingerprint density at radius 1 is 1.40 bits per heavy atom. The Morgan fingerprint density at radius 2 is 2.20 bits per heavy atom. The highest BCUT2D eigenvalue weighted by Gasteiger charge is 2.29. The van der Waals surface area contributed by atoms with Gasteiger partial charge in [0.05, 0.1) is 25.0 Å². The van der Waals surface area contributed by atoms with Gasteiger partial charge in [-0.1, -0.05) is 26.7 Å². The van der Waals surface area contributed by atoms with Gasteiger partial charge in [-0.05, 0) is 30.9 Å². The highest BCUT2D eigenvalue weighted by atomic mass is 31.1. The molecule has 1 fully saturated rings. The molecule has 0 spiro atoms. The molecule has 166 valence electrons. The fourth-order valence-corrected chi connectivity index (χ4v) is 4.14. The van der Waals surface area contributed by atoms with Crippen molar-refractivity contribution in [1.29, 1.82) is 0 Å². The maximum Gasteiger partial charge on any atom is 0.320 e. The van der Waals surface area contributed by atoms with Gasteiger partial charge < -0.3 is 19.7 Å². The summed E-state index contributed by atoms with van der Waals surface area (Å²) in [6.45, 7) is 4.56. The molecular weight excluding hydrogens is 409 g/mol. The molecule has 1 aliphatic rings. The number of nitrogens with two attached hydrogens (primary N) is 1. The van der Waals surface area contributed by atoms with Gasteiger partial charge in [0, 0.05) is 0 Å². The zero-order chi connectivity index (χ0) is 21.5. The first-order valence-corrected chi connectivity index (χ1v) is 11.6. The fraction of sp³-hybridized carbons (Fsp3) is 0.632. The van der Waals surface area contributed by atoms with Gasteiger partial charge in [-0.15, -0.1) is 0 Å². The monoisotopic (exact) mass is 439 g/mol. The minimum atomic E-state index is -2.55. The maximum atomic E-state index is 12.0. The molecule has 1 aliphatic heterocycles. The number of nitrogen functional groups attached to an aromatic ring is 1. The summed E-state index contributed by atoms with van der Waals surface area (Å²) in [5, 5.41) is 6.83. The van der Waals surface area contributed by atoms with Crippen molar-refractivity contribution < 1.29 is 23.4 Å². The average molecular weight is 439 g/mol. The van der Waals surface area contributed by atoms with Crippen molar-refractivity contribution in [3.8, 4) is 0 Å². The van der Waals surface area contributed by atoms with Crippen LogP contribution in [0.4, 0.5) is 5.82 Å². The molecule has 10 nitrogen and oxygen atoms in total. The standard InChI is InChI=1S/C19H30N5O5P/c1-3-13(4-2)10-27-18(25)9-23-30(26)28-11-14-5-8-17(29-14)15-6-7-16-19(20)21-12-22-24(15)16/h6-7,12-14,17,30H,3-5,8-11H2,1-2H3,(H,23,26)(H2,20,21,22)/t14-,17?/m0/s1. The topological polar surface area (TPSA) is 130 Å². The van der Waals surface area contributed by atoms with E-state index in [4.69, 9.17) is 19.7 Å². The van der Waals surface area contributed by atoms with E-state index in [1.54, 1.807) is 4.52 Å². The third-order valence-electron chi connectivity index (χ3n) is 5.36. The number of fused-ring (bicyclic) bond motifs is 1. The number of esters is 1. The lowest BCUT2D eigenvalue weighted by Gasteiger charge is -2.15. The maximum absolute atomic E-state index is 12.0. The SMILES string of the molecule is CCC(CC)COC(=O)CN[PH](=O)OC[C@@H]1CCC(c2ccc3c(N)ncnn23)O1. The number of rotatable bonds is 11. The molecule has 1 saturated heterocycles. The van der Waals surface area contributed by atoms with Gasteiger partial charge in [0.15, 0.2) is 5.82 Å². The number of nitrogens with one attached hydrogen (secondary N) is 1. The van der Waals surface area contributed by atoms with E-state index in [0.29, 0.717) is 18.3 Å². The number of ether oxygens (including phenoxy) is 2. The van der Waals surface area contributed by atoms with Gasteiger partial charge in [-0.25, -0.2) is 14.6 Å². The molecule has 2 aromatic rings. The molecule has 0 radical (unpaired) electrons. The highest BCUT2D eigenvalue weighted by molar-refractivity contribution is 7.36. The normalized spacial score (nSPS) is 20.1. The van der Waals surface area contributed by atoms with Gasteiger partial charge in [-0.3, -0.25) is 9.36 Å². The Kier molecular flexibility index (Phi) is 8.21. The van der Waals surface area contributed by atoms with Crippen molar-refractivity contribution in [1.82, 2.24) is 19.7 Å². The Hall–Kier alpha value is -2.00. The van der Waals surface area contributed by atoms with Crippen LogP contribution in [0.25, 0.3) is 5.52 Å². The van der Waals surface area contributed by atoms with Crippen molar-refractivity contribution >= 4 is 25.5 Å². The molecule has 0 saturated carbocycles. The van der Waals surface area contributed by atoms with Gasteiger partial charge in [-0.2, -0.15) is 5.10 Å². The molecule has 2 unspecified atom stereocenters. The minimum absolute atomic E-state index is 0.136. The van der Waals surface area contributed by atoms with E-state index >= 15 is 0 Å². The highest BCUT2D eigenvalue weighted by Crippen LogP contribution is 2.34. The second-order valence-electron chi connectivity index (χ2n) is 7.34. The Bertz CT molecular complexity index is 872. The molecular formula is C19H30N5O5P. The Morgan fingerprint density at radius 3 is 2.97 bits per heavy atom. The van der Waals surface area contributed by atoms with Gasteiger partial charge in [0.2, 0.25) is 0 Å². The summed E-state index contributed by atoms with van der Waals surface area (Å²) in [6.07, 6.45) is 4.56. The first-order chi connectivity index (χ1) is 14.5. The van der Waals surface area contributed by atoms with Gasteiger partial charge in [0.25, 0.3) is 8.18 Å². The van der Waals surface area contributed by atoms with E-state index in [1.807, 2.05) is 12.1 Å². The number of hydrogen-bond acceptors (Lipinski definition) is 8. The summed E-state index contributed by atoms with van der Waals surface area (Å²) < 4.78 is 30.3. The number of carbonyl (C=O) groups is 1. The van der Waals surface area contributed by atoms with E-state index in [0.717, 1.165) is 36.9 Å². The smallest absolute Gasteiger partial charge is 0.320 e. The fourth-order valence-electron chi connectivity index (χ4n) is 3.41. The van der Waals surface area contributed by atoms with E-state index in [2.05, 4.69) is 29.0 Å². The molecule has 3 atom stereocenters. The summed E-state index contributed by atoms with van der Waals surface area (Å²) in [6, 6.07) is 3.79. The van der Waals surface area contributed by atoms with Crippen molar-refractivity contribution in [2.75, 3.05) is 25.5 Å². The molecule has 3 heterocycles. The van der Waals surface area contributed by atoms with Crippen molar-refractivity contribution in [3.05, 3.63) is 24.2 Å². The van der Waals surface area contributed by atoms with E-state index in [-0.39, 0.29) is 25.4 Å². The molecule has 3 N–H and O–H groups in total. The number of hydrogen-bond donors (Lipinski definition) is 2. The van der Waals surface area contributed by atoms with Gasteiger partial charge >= 0.3 is 5.97 Å². The van der Waals surface area contributed by atoms with Crippen LogP contribution in [-0.4, -0.2) is 46.4 Å². The molecule has 0 bridgehead atoms. The number of anilines is 1. The largest absolute Gasteiger partial charge is 0.464 e. The predicted molar refractivity (Wildman–Crippen MR) is 112 cm³/mol. The van der Waals surface area contributed by atoms with Crippen LogP contribution >= 0.6 is 8.18 Å². The quantitative estimate of drug-likeness (QED) is 0.400. The molecule has 30 heavy (non-hydrogen) atoms. The Labute approximate surface area is 176 Å². The molecule has 0 aromatic carbocycles. The molecule has 3 rings (SSSR count). The molecule has 0 amide bonds. The van der Waals surface area contributed by atoms with Crippen molar-refractivity contribution in [2.45, 2.75) is 51.7 Å². The first-order valence-electron chi connectivity index (χ1n) is 10.3. The lowest BCUT2D eigenvalue weighted by Crippen LogP contribution is -2.23. The van der Waals surface area contributed by atoms with Crippen LogP contribution < -0.4 is 10.8 Å². The van der Waals surface area contributed by atoms with Crippen LogP contribution in [0, 0.1) is 5.92 Å².